The van der Waals surface area contributed by atoms with Crippen molar-refractivity contribution in [3.63, 3.8) is 0 Å². The second-order valence-electron chi connectivity index (χ2n) is 5.64. The number of benzene rings is 2. The van der Waals surface area contributed by atoms with E-state index >= 15 is 0 Å². The Hall–Kier alpha value is -2.89. The van der Waals surface area contributed by atoms with Crippen LogP contribution in [0.1, 0.15) is 18.4 Å². The van der Waals surface area contributed by atoms with E-state index in [1.165, 1.54) is 31.2 Å². The van der Waals surface area contributed by atoms with Gasteiger partial charge in [-0.1, -0.05) is 6.07 Å². The fourth-order valence-corrected chi connectivity index (χ4v) is 2.38. The first-order chi connectivity index (χ1) is 11.6. The first-order valence-corrected chi connectivity index (χ1v) is 7.68. The Morgan fingerprint density at radius 1 is 1.25 bits per heavy atom. The minimum absolute atomic E-state index is 0.250. The number of primary amides is 1. The highest BCUT2D eigenvalue weighted by molar-refractivity contribution is 5.90. The van der Waals surface area contributed by atoms with Gasteiger partial charge in [-0.25, -0.2) is 4.39 Å². The van der Waals surface area contributed by atoms with E-state index in [1.54, 1.807) is 6.07 Å². The summed E-state index contributed by atoms with van der Waals surface area (Å²) in [5.41, 5.74) is 13.9. The van der Waals surface area contributed by atoms with Crippen molar-refractivity contribution in [2.45, 2.75) is 12.8 Å². The van der Waals surface area contributed by atoms with Crippen molar-refractivity contribution in [1.29, 1.82) is 5.41 Å². The summed E-state index contributed by atoms with van der Waals surface area (Å²) in [5, 5.41) is 11.0. The van der Waals surface area contributed by atoms with E-state index in [2.05, 4.69) is 11.1 Å². The van der Waals surface area contributed by atoms with E-state index in [0.717, 1.165) is 34.8 Å². The normalized spacial score (nSPS) is 12.7. The average molecular weight is 328 g/mol. The second-order valence-corrected chi connectivity index (χ2v) is 5.64. The zero-order chi connectivity index (χ0) is 17.5. The summed E-state index contributed by atoms with van der Waals surface area (Å²) in [6.07, 6.45) is 4.16. The van der Waals surface area contributed by atoms with Crippen LogP contribution in [0.15, 0.2) is 36.4 Å². The van der Waals surface area contributed by atoms with Gasteiger partial charge in [-0.15, -0.1) is 0 Å². The maximum Gasteiger partial charge on any atom is 0.204 e. The lowest BCUT2D eigenvalue weighted by Gasteiger charge is -2.12. The van der Waals surface area contributed by atoms with E-state index in [4.69, 9.17) is 15.9 Å². The summed E-state index contributed by atoms with van der Waals surface area (Å²) < 4.78 is 13.1. The van der Waals surface area contributed by atoms with Crippen LogP contribution in [-0.4, -0.2) is 19.2 Å². The van der Waals surface area contributed by atoms with Gasteiger partial charge in [-0.05, 0) is 54.7 Å². The highest BCUT2D eigenvalue weighted by Gasteiger charge is 2.20. The van der Waals surface area contributed by atoms with Gasteiger partial charge in [0, 0.05) is 35.3 Å². The number of rotatable bonds is 5. The van der Waals surface area contributed by atoms with Crippen LogP contribution < -0.4 is 16.8 Å². The standard InChI is InChI=1S/C17H18FN3.CH3NO/c18-14-4-5-15(16(20)8-14)12-3-6-17(13(7-12)9-19)21-10-11-1-2-11;2-1-3/h3-9,11,19,21H,1-2,10,20H2;1H,(H2,2,3). The van der Waals surface area contributed by atoms with E-state index in [-0.39, 0.29) is 12.2 Å². The molecule has 1 amide bonds. The molecule has 5 nitrogen and oxygen atoms in total. The van der Waals surface area contributed by atoms with Crippen molar-refractivity contribution in [2.24, 2.45) is 11.7 Å². The van der Waals surface area contributed by atoms with E-state index in [9.17, 15) is 4.39 Å². The number of hydrogen-bond acceptors (Lipinski definition) is 4. The monoisotopic (exact) mass is 328 g/mol. The molecule has 1 aliphatic carbocycles. The van der Waals surface area contributed by atoms with Crippen molar-refractivity contribution in [3.8, 4) is 11.1 Å². The number of amides is 1. The molecule has 2 aromatic rings. The van der Waals surface area contributed by atoms with Crippen LogP contribution in [0.4, 0.5) is 15.8 Å². The minimum Gasteiger partial charge on any atom is -0.398 e. The number of nitrogen functional groups attached to an aromatic ring is 1. The smallest absolute Gasteiger partial charge is 0.204 e. The van der Waals surface area contributed by atoms with Crippen LogP contribution in [0.25, 0.3) is 11.1 Å². The third-order valence-corrected chi connectivity index (χ3v) is 3.81. The number of carbonyl (C=O) groups is 1. The molecule has 0 aliphatic heterocycles. The summed E-state index contributed by atoms with van der Waals surface area (Å²) in [7, 11) is 0. The molecule has 1 aliphatic rings. The molecule has 6 N–H and O–H groups in total. The van der Waals surface area contributed by atoms with Crippen molar-refractivity contribution in [3.05, 3.63) is 47.8 Å². The number of halogens is 1. The average Bonchev–Trinajstić information content (AvgIpc) is 3.38. The van der Waals surface area contributed by atoms with Crippen LogP contribution in [0.2, 0.25) is 0 Å². The third-order valence-electron chi connectivity index (χ3n) is 3.81. The van der Waals surface area contributed by atoms with Gasteiger partial charge in [-0.3, -0.25) is 4.79 Å². The Morgan fingerprint density at radius 2 is 1.96 bits per heavy atom. The van der Waals surface area contributed by atoms with Gasteiger partial charge in [-0.2, -0.15) is 0 Å². The largest absolute Gasteiger partial charge is 0.398 e. The fourth-order valence-electron chi connectivity index (χ4n) is 2.38. The summed E-state index contributed by atoms with van der Waals surface area (Å²) in [5.74, 6) is 0.433. The Morgan fingerprint density at radius 3 is 2.54 bits per heavy atom. The van der Waals surface area contributed by atoms with Crippen molar-refractivity contribution >= 4 is 24.0 Å². The molecule has 6 heteroatoms. The summed E-state index contributed by atoms with van der Waals surface area (Å²) in [4.78, 5) is 8.58. The van der Waals surface area contributed by atoms with Gasteiger partial charge in [0.05, 0.1) is 0 Å². The Bertz CT molecular complexity index is 729. The molecule has 3 rings (SSSR count). The van der Waals surface area contributed by atoms with Crippen LogP contribution in [0.3, 0.4) is 0 Å². The van der Waals surface area contributed by atoms with Gasteiger partial charge in [0.2, 0.25) is 6.41 Å². The molecule has 0 unspecified atom stereocenters. The van der Waals surface area contributed by atoms with E-state index in [0.29, 0.717) is 5.69 Å². The second kappa shape index (κ2) is 8.10. The van der Waals surface area contributed by atoms with Crippen LogP contribution in [0, 0.1) is 17.1 Å². The Balaban J connectivity index is 0.000000647. The first-order valence-electron chi connectivity index (χ1n) is 7.68. The van der Waals surface area contributed by atoms with Crippen molar-refractivity contribution < 1.29 is 9.18 Å². The van der Waals surface area contributed by atoms with Gasteiger partial charge in [0.25, 0.3) is 0 Å². The highest BCUT2D eigenvalue weighted by atomic mass is 19.1. The number of carbonyl (C=O) groups excluding carboxylic acids is 1. The molecule has 1 saturated carbocycles. The van der Waals surface area contributed by atoms with Crippen molar-refractivity contribution in [2.75, 3.05) is 17.6 Å². The molecule has 126 valence electrons. The maximum atomic E-state index is 13.1. The Labute approximate surface area is 140 Å². The highest BCUT2D eigenvalue weighted by Crippen LogP contribution is 2.31. The zero-order valence-corrected chi connectivity index (χ0v) is 13.3. The molecule has 0 heterocycles. The van der Waals surface area contributed by atoms with Gasteiger partial charge < -0.3 is 22.2 Å². The lowest BCUT2D eigenvalue weighted by Crippen LogP contribution is -2.05. The molecule has 0 radical (unpaired) electrons. The molecule has 0 aromatic heterocycles. The number of nitrogens with one attached hydrogen (secondary N) is 2. The van der Waals surface area contributed by atoms with Crippen LogP contribution >= 0.6 is 0 Å². The van der Waals surface area contributed by atoms with Crippen molar-refractivity contribution in [1.82, 2.24) is 0 Å². The molecule has 24 heavy (non-hydrogen) atoms. The van der Waals surface area contributed by atoms with Crippen LogP contribution in [-0.2, 0) is 4.79 Å². The molecule has 0 saturated heterocycles. The van der Waals surface area contributed by atoms with E-state index < -0.39 is 0 Å². The number of anilines is 2. The fraction of sp³-hybridized carbons (Fsp3) is 0.222. The number of hydrogen-bond donors (Lipinski definition) is 4. The summed E-state index contributed by atoms with van der Waals surface area (Å²) >= 11 is 0. The quantitative estimate of drug-likeness (QED) is 0.385. The van der Waals surface area contributed by atoms with Crippen LogP contribution in [0.5, 0.6) is 0 Å². The topological polar surface area (TPSA) is 105 Å². The van der Waals surface area contributed by atoms with Gasteiger partial charge in [0.1, 0.15) is 5.82 Å². The molecule has 2 aromatic carbocycles. The summed E-state index contributed by atoms with van der Waals surface area (Å²) in [6.45, 7) is 0.957. The Kier molecular flexibility index (Phi) is 5.89. The number of nitrogens with two attached hydrogens (primary N) is 2. The first kappa shape index (κ1) is 17.5. The predicted octanol–water partition coefficient (Wildman–Crippen LogP) is 3.00. The lowest BCUT2D eigenvalue weighted by molar-refractivity contribution is -0.106. The molecule has 0 atom stereocenters. The van der Waals surface area contributed by atoms with Gasteiger partial charge >= 0.3 is 0 Å². The lowest BCUT2D eigenvalue weighted by atomic mass is 10.0. The third kappa shape index (κ3) is 4.55. The molecule has 0 spiro atoms. The van der Waals surface area contributed by atoms with Gasteiger partial charge in [0.15, 0.2) is 0 Å². The molecular weight excluding hydrogens is 307 g/mol. The minimum atomic E-state index is -0.341. The SMILES string of the molecule is N=Cc1cc(-c2ccc(F)cc2N)ccc1NCC1CC1.NC=O. The molecule has 1 fully saturated rings. The zero-order valence-electron chi connectivity index (χ0n) is 13.3. The molecular formula is C18H21FN4O. The summed E-state index contributed by atoms with van der Waals surface area (Å²) in [6, 6.07) is 10.2. The van der Waals surface area contributed by atoms with E-state index in [1.807, 2.05) is 18.2 Å². The molecule has 0 bridgehead atoms. The predicted molar refractivity (Wildman–Crippen MR) is 95.6 cm³/mol. The maximum absolute atomic E-state index is 13.1.